The van der Waals surface area contributed by atoms with Crippen LogP contribution in [0.2, 0.25) is 0 Å². The van der Waals surface area contributed by atoms with Gasteiger partial charge in [-0.25, -0.2) is 4.98 Å². The van der Waals surface area contributed by atoms with Gasteiger partial charge in [0.1, 0.15) is 5.75 Å². The molecule has 0 fully saturated rings. The number of aryl methyl sites for hydroxylation is 1. The zero-order valence-corrected chi connectivity index (χ0v) is 7.31. The van der Waals surface area contributed by atoms with Crippen LogP contribution in [0.15, 0.2) is 36.8 Å². The van der Waals surface area contributed by atoms with Gasteiger partial charge in [-0.05, 0) is 19.1 Å². The molecule has 0 aliphatic heterocycles. The van der Waals surface area contributed by atoms with E-state index < -0.39 is 0 Å². The van der Waals surface area contributed by atoms with Crippen molar-refractivity contribution in [1.82, 2.24) is 9.55 Å². The summed E-state index contributed by atoms with van der Waals surface area (Å²) in [6.07, 6.45) is 3.56. The Kier molecular flexibility index (Phi) is 1.77. The third-order valence-corrected chi connectivity index (χ3v) is 1.87. The Labute approximate surface area is 76.3 Å². The summed E-state index contributed by atoms with van der Waals surface area (Å²) < 4.78 is 1.80. The quantitative estimate of drug-likeness (QED) is 0.716. The lowest BCUT2D eigenvalue weighted by Crippen LogP contribution is -1.89. The number of phenols is 1. The molecule has 0 aliphatic carbocycles. The van der Waals surface area contributed by atoms with E-state index in [9.17, 15) is 5.11 Å². The number of nitrogens with zero attached hydrogens (tertiary/aromatic N) is 2. The van der Waals surface area contributed by atoms with Crippen LogP contribution in [0.1, 0.15) is 5.69 Å². The summed E-state index contributed by atoms with van der Waals surface area (Å²) in [5.41, 5.74) is 1.69. The summed E-state index contributed by atoms with van der Waals surface area (Å²) >= 11 is 0. The summed E-state index contributed by atoms with van der Waals surface area (Å²) in [7, 11) is 0. The number of aromatic hydroxyl groups is 1. The molecule has 13 heavy (non-hydrogen) atoms. The summed E-state index contributed by atoms with van der Waals surface area (Å²) in [5.74, 6) is 0.264. The maximum atomic E-state index is 9.52. The van der Waals surface area contributed by atoms with E-state index >= 15 is 0 Å². The zero-order valence-electron chi connectivity index (χ0n) is 7.31. The Bertz CT molecular complexity index is 420. The summed E-state index contributed by atoms with van der Waals surface area (Å²) in [6.45, 7) is 1.91. The Morgan fingerprint density at radius 3 is 2.69 bits per heavy atom. The molecule has 1 heterocycles. The number of phenolic OH excluding ortho intramolecular Hbond substituents is 1. The molecule has 0 saturated heterocycles. The molecule has 0 unspecified atom stereocenters. The number of para-hydroxylation sites is 2. The summed E-state index contributed by atoms with van der Waals surface area (Å²) in [6, 6.07) is 7.17. The van der Waals surface area contributed by atoms with Gasteiger partial charge in [0.25, 0.3) is 0 Å². The van der Waals surface area contributed by atoms with Crippen molar-refractivity contribution < 1.29 is 5.11 Å². The number of hydrogen-bond donors (Lipinski definition) is 1. The molecule has 3 heteroatoms. The number of hydrogen-bond acceptors (Lipinski definition) is 2. The highest BCUT2D eigenvalue weighted by molar-refractivity contribution is 5.45. The fourth-order valence-corrected chi connectivity index (χ4v) is 1.24. The lowest BCUT2D eigenvalue weighted by Gasteiger charge is -2.03. The Balaban J connectivity index is 2.52. The maximum absolute atomic E-state index is 9.52. The van der Waals surface area contributed by atoms with E-state index in [2.05, 4.69) is 4.98 Å². The van der Waals surface area contributed by atoms with Gasteiger partial charge in [-0.3, -0.25) is 0 Å². The molecule has 0 amide bonds. The molecule has 1 aromatic carbocycles. The van der Waals surface area contributed by atoms with E-state index in [-0.39, 0.29) is 5.75 Å². The largest absolute Gasteiger partial charge is 0.506 e. The fraction of sp³-hybridized carbons (Fsp3) is 0.100. The number of aromatic nitrogens is 2. The second kappa shape index (κ2) is 2.94. The molecule has 66 valence electrons. The average molecular weight is 174 g/mol. The monoisotopic (exact) mass is 174 g/mol. The van der Waals surface area contributed by atoms with Crippen LogP contribution < -0.4 is 0 Å². The standard InChI is InChI=1S/C10H10N2O/c1-8-6-12(7-11-8)9-4-2-3-5-10(9)13/h2-7,13H,1H3. The second-order valence-electron chi connectivity index (χ2n) is 2.91. The number of imidazole rings is 1. The van der Waals surface area contributed by atoms with Gasteiger partial charge in [-0.2, -0.15) is 0 Å². The normalized spacial score (nSPS) is 10.2. The SMILES string of the molecule is Cc1cn(-c2ccccc2O)cn1. The van der Waals surface area contributed by atoms with Crippen LogP contribution in [0.3, 0.4) is 0 Å². The summed E-state index contributed by atoms with van der Waals surface area (Å²) in [4.78, 5) is 4.09. The summed E-state index contributed by atoms with van der Waals surface area (Å²) in [5, 5.41) is 9.52. The van der Waals surface area contributed by atoms with E-state index in [4.69, 9.17) is 0 Å². The Hall–Kier alpha value is -1.77. The Morgan fingerprint density at radius 2 is 2.08 bits per heavy atom. The van der Waals surface area contributed by atoms with Gasteiger partial charge in [0.15, 0.2) is 0 Å². The van der Waals surface area contributed by atoms with Gasteiger partial charge < -0.3 is 9.67 Å². The molecule has 2 rings (SSSR count). The van der Waals surface area contributed by atoms with Gasteiger partial charge in [0.05, 0.1) is 17.7 Å². The highest BCUT2D eigenvalue weighted by Crippen LogP contribution is 2.20. The van der Waals surface area contributed by atoms with Crippen molar-refractivity contribution in [3.8, 4) is 11.4 Å². The Morgan fingerprint density at radius 1 is 1.31 bits per heavy atom. The van der Waals surface area contributed by atoms with E-state index in [0.717, 1.165) is 11.4 Å². The minimum absolute atomic E-state index is 0.264. The molecule has 0 saturated carbocycles. The van der Waals surface area contributed by atoms with E-state index in [1.165, 1.54) is 0 Å². The number of benzene rings is 1. The van der Waals surface area contributed by atoms with Crippen LogP contribution in [0, 0.1) is 6.92 Å². The van der Waals surface area contributed by atoms with Crippen LogP contribution in [-0.4, -0.2) is 14.7 Å². The molecule has 0 atom stereocenters. The zero-order chi connectivity index (χ0) is 9.26. The van der Waals surface area contributed by atoms with Crippen LogP contribution in [0.5, 0.6) is 5.75 Å². The lowest BCUT2D eigenvalue weighted by molar-refractivity contribution is 0.472. The van der Waals surface area contributed by atoms with E-state index in [1.54, 1.807) is 23.0 Å². The van der Waals surface area contributed by atoms with Crippen molar-refractivity contribution in [3.05, 3.63) is 42.5 Å². The van der Waals surface area contributed by atoms with Crippen LogP contribution in [0.4, 0.5) is 0 Å². The van der Waals surface area contributed by atoms with Crippen molar-refractivity contribution in [2.45, 2.75) is 6.92 Å². The molecular weight excluding hydrogens is 164 g/mol. The minimum Gasteiger partial charge on any atom is -0.506 e. The van der Waals surface area contributed by atoms with Crippen LogP contribution in [0.25, 0.3) is 5.69 Å². The predicted molar refractivity (Wildman–Crippen MR) is 50.0 cm³/mol. The van der Waals surface area contributed by atoms with Crippen molar-refractivity contribution in [3.63, 3.8) is 0 Å². The molecule has 1 aromatic heterocycles. The smallest absolute Gasteiger partial charge is 0.139 e. The molecule has 0 bridgehead atoms. The molecular formula is C10H10N2O. The third kappa shape index (κ3) is 1.40. The maximum Gasteiger partial charge on any atom is 0.139 e. The average Bonchev–Trinajstić information content (AvgIpc) is 2.53. The van der Waals surface area contributed by atoms with Gasteiger partial charge in [0.2, 0.25) is 0 Å². The van der Waals surface area contributed by atoms with E-state index in [1.807, 2.05) is 25.3 Å². The van der Waals surface area contributed by atoms with E-state index in [0.29, 0.717) is 0 Å². The first-order valence-corrected chi connectivity index (χ1v) is 4.06. The van der Waals surface area contributed by atoms with Crippen molar-refractivity contribution in [1.29, 1.82) is 0 Å². The molecule has 0 aliphatic rings. The molecule has 0 spiro atoms. The van der Waals surface area contributed by atoms with Gasteiger partial charge in [-0.15, -0.1) is 0 Å². The highest BCUT2D eigenvalue weighted by Gasteiger charge is 2.01. The minimum atomic E-state index is 0.264. The molecule has 0 radical (unpaired) electrons. The third-order valence-electron chi connectivity index (χ3n) is 1.87. The molecule has 3 nitrogen and oxygen atoms in total. The number of rotatable bonds is 1. The van der Waals surface area contributed by atoms with Crippen molar-refractivity contribution in [2.24, 2.45) is 0 Å². The molecule has 2 aromatic rings. The fourth-order valence-electron chi connectivity index (χ4n) is 1.24. The highest BCUT2D eigenvalue weighted by atomic mass is 16.3. The van der Waals surface area contributed by atoms with Crippen LogP contribution in [-0.2, 0) is 0 Å². The van der Waals surface area contributed by atoms with Gasteiger partial charge in [-0.1, -0.05) is 12.1 Å². The van der Waals surface area contributed by atoms with Crippen molar-refractivity contribution in [2.75, 3.05) is 0 Å². The first-order valence-electron chi connectivity index (χ1n) is 4.06. The molecule has 1 N–H and O–H groups in total. The van der Waals surface area contributed by atoms with Gasteiger partial charge >= 0.3 is 0 Å². The topological polar surface area (TPSA) is 38.0 Å². The lowest BCUT2D eigenvalue weighted by atomic mass is 10.3. The van der Waals surface area contributed by atoms with Crippen LogP contribution >= 0.6 is 0 Å². The van der Waals surface area contributed by atoms with Gasteiger partial charge in [0, 0.05) is 6.20 Å². The predicted octanol–water partition coefficient (Wildman–Crippen LogP) is 1.89. The second-order valence-corrected chi connectivity index (χ2v) is 2.91. The first-order chi connectivity index (χ1) is 6.27. The first kappa shape index (κ1) is 7.86. The van der Waals surface area contributed by atoms with Crippen molar-refractivity contribution >= 4 is 0 Å².